The number of nitrogens with zero attached hydrogens (tertiary/aromatic N) is 1. The van der Waals surface area contributed by atoms with Crippen LogP contribution in [0.15, 0.2) is 64.6 Å². The van der Waals surface area contributed by atoms with Crippen molar-refractivity contribution < 1.29 is 4.74 Å². The third-order valence-corrected chi connectivity index (χ3v) is 4.04. The maximum absolute atomic E-state index is 5.89. The summed E-state index contributed by atoms with van der Waals surface area (Å²) < 4.78 is 6.72. The zero-order valence-corrected chi connectivity index (χ0v) is 12.8. The molecule has 1 heterocycles. The first kappa shape index (κ1) is 13.1. The summed E-state index contributed by atoms with van der Waals surface area (Å²) in [6, 6.07) is 17.5. The maximum atomic E-state index is 5.89. The fourth-order valence-electron chi connectivity index (χ4n) is 1.70. The molecule has 0 saturated carbocycles. The van der Waals surface area contributed by atoms with E-state index in [0.29, 0.717) is 0 Å². The van der Waals surface area contributed by atoms with E-state index >= 15 is 0 Å². The number of hydrogen-bond donors (Lipinski definition) is 1. The number of halogens is 1. The molecule has 20 heavy (non-hydrogen) atoms. The van der Waals surface area contributed by atoms with Crippen LogP contribution in [0, 0.1) is 0 Å². The van der Waals surface area contributed by atoms with Crippen LogP contribution >= 0.6 is 27.3 Å². The van der Waals surface area contributed by atoms with E-state index in [1.54, 1.807) is 0 Å². The van der Waals surface area contributed by atoms with E-state index in [1.807, 2.05) is 60.0 Å². The molecule has 0 aliphatic rings. The zero-order valence-electron chi connectivity index (χ0n) is 10.4. The lowest BCUT2D eigenvalue weighted by molar-refractivity contribution is 0.485. The number of ether oxygens (including phenoxy) is 1. The van der Waals surface area contributed by atoms with Crippen LogP contribution in [0.4, 0.5) is 10.8 Å². The van der Waals surface area contributed by atoms with Gasteiger partial charge in [0.1, 0.15) is 10.4 Å². The first-order valence-electron chi connectivity index (χ1n) is 6.01. The molecule has 1 aromatic heterocycles. The average Bonchev–Trinajstić information content (AvgIpc) is 2.88. The fourth-order valence-corrected chi connectivity index (χ4v) is 2.86. The summed E-state index contributed by atoms with van der Waals surface area (Å²) in [5, 5.41) is 6.02. The lowest BCUT2D eigenvalue weighted by Gasteiger charge is -2.11. The van der Waals surface area contributed by atoms with Crippen LogP contribution in [0.2, 0.25) is 0 Å². The van der Waals surface area contributed by atoms with Crippen LogP contribution in [0.5, 0.6) is 11.5 Å². The van der Waals surface area contributed by atoms with E-state index in [0.717, 1.165) is 26.9 Å². The summed E-state index contributed by atoms with van der Waals surface area (Å²) in [6.07, 6.45) is 0. The van der Waals surface area contributed by atoms with Crippen LogP contribution in [0.3, 0.4) is 0 Å². The summed E-state index contributed by atoms with van der Waals surface area (Å²) in [7, 11) is 0. The molecule has 3 aromatic rings. The minimum Gasteiger partial charge on any atom is -0.455 e. The lowest BCUT2D eigenvalue weighted by atomic mass is 10.3. The van der Waals surface area contributed by atoms with Gasteiger partial charge in [0, 0.05) is 5.38 Å². The van der Waals surface area contributed by atoms with E-state index < -0.39 is 0 Å². The van der Waals surface area contributed by atoms with Crippen molar-refractivity contribution in [3.05, 3.63) is 64.6 Å². The minimum absolute atomic E-state index is 0.769. The van der Waals surface area contributed by atoms with E-state index in [1.165, 1.54) is 11.3 Å². The van der Waals surface area contributed by atoms with Gasteiger partial charge in [0.05, 0.1) is 5.69 Å². The van der Waals surface area contributed by atoms with E-state index in [4.69, 9.17) is 4.74 Å². The second-order valence-electron chi connectivity index (χ2n) is 4.01. The standard InChI is InChI=1S/C15H11BrN2OS/c16-14-10-20-15(18-14)17-12-8-4-5-9-13(12)19-11-6-2-1-3-7-11/h1-10H,(H,17,18). The van der Waals surface area contributed by atoms with Gasteiger partial charge in [-0.1, -0.05) is 30.3 Å². The van der Waals surface area contributed by atoms with E-state index in [9.17, 15) is 0 Å². The minimum atomic E-state index is 0.769. The third kappa shape index (κ3) is 3.18. The third-order valence-electron chi connectivity index (χ3n) is 2.58. The van der Waals surface area contributed by atoms with Crippen molar-refractivity contribution in [3.8, 4) is 11.5 Å². The molecule has 0 saturated heterocycles. The molecule has 0 bridgehead atoms. The predicted molar refractivity (Wildman–Crippen MR) is 86.1 cm³/mol. The van der Waals surface area contributed by atoms with Crippen molar-refractivity contribution in [1.82, 2.24) is 4.98 Å². The number of para-hydroxylation sites is 3. The van der Waals surface area contributed by atoms with Crippen molar-refractivity contribution >= 4 is 38.1 Å². The topological polar surface area (TPSA) is 34.1 Å². The maximum Gasteiger partial charge on any atom is 0.188 e. The molecule has 100 valence electrons. The molecule has 3 nitrogen and oxygen atoms in total. The highest BCUT2D eigenvalue weighted by Crippen LogP contribution is 2.32. The Morgan fingerprint density at radius 1 is 1.00 bits per heavy atom. The smallest absolute Gasteiger partial charge is 0.188 e. The summed E-state index contributed by atoms with van der Waals surface area (Å²) >= 11 is 4.88. The summed E-state index contributed by atoms with van der Waals surface area (Å²) in [6.45, 7) is 0. The van der Waals surface area contributed by atoms with Gasteiger partial charge in [0.25, 0.3) is 0 Å². The highest BCUT2D eigenvalue weighted by atomic mass is 79.9. The van der Waals surface area contributed by atoms with Crippen molar-refractivity contribution in [2.24, 2.45) is 0 Å². The molecular formula is C15H11BrN2OS. The molecule has 0 radical (unpaired) electrons. The molecule has 1 N–H and O–H groups in total. The Hall–Kier alpha value is -1.85. The Balaban J connectivity index is 1.84. The van der Waals surface area contributed by atoms with Gasteiger partial charge in [0.15, 0.2) is 10.9 Å². The highest BCUT2D eigenvalue weighted by molar-refractivity contribution is 9.10. The Morgan fingerprint density at radius 2 is 1.75 bits per heavy atom. The van der Waals surface area contributed by atoms with Crippen molar-refractivity contribution in [3.63, 3.8) is 0 Å². The molecule has 0 fully saturated rings. The van der Waals surface area contributed by atoms with Gasteiger partial charge in [-0.05, 0) is 40.2 Å². The molecule has 5 heteroatoms. The number of nitrogens with one attached hydrogen (secondary N) is 1. The Morgan fingerprint density at radius 3 is 2.50 bits per heavy atom. The van der Waals surface area contributed by atoms with Gasteiger partial charge < -0.3 is 10.1 Å². The van der Waals surface area contributed by atoms with Gasteiger partial charge in [0.2, 0.25) is 0 Å². The first-order valence-corrected chi connectivity index (χ1v) is 7.68. The van der Waals surface area contributed by atoms with E-state index in [-0.39, 0.29) is 0 Å². The van der Waals surface area contributed by atoms with Crippen molar-refractivity contribution in [1.29, 1.82) is 0 Å². The number of thiazole rings is 1. The second kappa shape index (κ2) is 6.07. The van der Waals surface area contributed by atoms with Crippen LogP contribution < -0.4 is 10.1 Å². The molecule has 0 unspecified atom stereocenters. The molecule has 0 aliphatic carbocycles. The number of hydrogen-bond acceptors (Lipinski definition) is 4. The number of anilines is 2. The Labute approximate surface area is 129 Å². The summed E-state index contributed by atoms with van der Waals surface area (Å²) in [5.41, 5.74) is 0.887. The van der Waals surface area contributed by atoms with Gasteiger partial charge in [-0.3, -0.25) is 0 Å². The van der Waals surface area contributed by atoms with Gasteiger partial charge in [-0.25, -0.2) is 4.98 Å². The molecule has 0 amide bonds. The zero-order chi connectivity index (χ0) is 13.8. The number of benzene rings is 2. The summed E-state index contributed by atoms with van der Waals surface area (Å²) in [4.78, 5) is 4.32. The highest BCUT2D eigenvalue weighted by Gasteiger charge is 2.06. The monoisotopic (exact) mass is 346 g/mol. The first-order chi connectivity index (χ1) is 9.81. The normalized spacial score (nSPS) is 10.2. The molecule has 0 atom stereocenters. The molecule has 3 rings (SSSR count). The number of aromatic nitrogens is 1. The SMILES string of the molecule is Brc1csc(Nc2ccccc2Oc2ccccc2)n1. The van der Waals surface area contributed by atoms with Gasteiger partial charge in [-0.15, -0.1) is 11.3 Å². The Kier molecular flexibility index (Phi) is 3.99. The van der Waals surface area contributed by atoms with Crippen molar-refractivity contribution in [2.75, 3.05) is 5.32 Å². The molecule has 2 aromatic carbocycles. The fraction of sp³-hybridized carbons (Fsp3) is 0. The molecular weight excluding hydrogens is 336 g/mol. The van der Waals surface area contributed by atoms with Gasteiger partial charge >= 0.3 is 0 Å². The van der Waals surface area contributed by atoms with Crippen LogP contribution in [0.1, 0.15) is 0 Å². The quantitative estimate of drug-likeness (QED) is 0.682. The van der Waals surface area contributed by atoms with Crippen LogP contribution in [0.25, 0.3) is 0 Å². The number of rotatable bonds is 4. The molecule has 0 aliphatic heterocycles. The van der Waals surface area contributed by atoms with Crippen LogP contribution in [-0.4, -0.2) is 4.98 Å². The second-order valence-corrected chi connectivity index (χ2v) is 5.68. The predicted octanol–water partition coefficient (Wildman–Crippen LogP) is 5.44. The molecule has 0 spiro atoms. The largest absolute Gasteiger partial charge is 0.455 e. The average molecular weight is 347 g/mol. The lowest BCUT2D eigenvalue weighted by Crippen LogP contribution is -1.93. The van der Waals surface area contributed by atoms with Crippen molar-refractivity contribution in [2.45, 2.75) is 0 Å². The van der Waals surface area contributed by atoms with Crippen LogP contribution in [-0.2, 0) is 0 Å². The van der Waals surface area contributed by atoms with E-state index in [2.05, 4.69) is 26.2 Å². The van der Waals surface area contributed by atoms with Gasteiger partial charge in [-0.2, -0.15) is 0 Å². The Bertz CT molecular complexity index is 700. The summed E-state index contributed by atoms with van der Waals surface area (Å²) in [5.74, 6) is 1.58.